The SMILES string of the molecule is COc1ccc(OC)c(C2=NN(C(C)=O)C(c3cc4cccc(C)c4nc3Cl)C2)c1. The van der Waals surface area contributed by atoms with Gasteiger partial charge < -0.3 is 9.47 Å². The first-order valence-corrected chi connectivity index (χ1v) is 9.96. The molecule has 2 aromatic carbocycles. The average Bonchev–Trinajstić information content (AvgIpc) is 3.19. The van der Waals surface area contributed by atoms with Crippen molar-refractivity contribution >= 4 is 34.1 Å². The van der Waals surface area contributed by atoms with E-state index in [1.54, 1.807) is 14.2 Å². The van der Waals surface area contributed by atoms with E-state index in [9.17, 15) is 4.79 Å². The van der Waals surface area contributed by atoms with Gasteiger partial charge in [-0.15, -0.1) is 0 Å². The summed E-state index contributed by atoms with van der Waals surface area (Å²) in [5.41, 5.74) is 4.19. The highest BCUT2D eigenvalue weighted by molar-refractivity contribution is 6.30. The van der Waals surface area contributed by atoms with Crippen molar-refractivity contribution in [3.8, 4) is 11.5 Å². The number of pyridine rings is 1. The highest BCUT2D eigenvalue weighted by Crippen LogP contribution is 2.39. The number of benzene rings is 2. The van der Waals surface area contributed by atoms with E-state index in [1.807, 2.05) is 49.4 Å². The first-order chi connectivity index (χ1) is 14.4. The van der Waals surface area contributed by atoms with Gasteiger partial charge in [-0.2, -0.15) is 5.10 Å². The molecule has 0 fully saturated rings. The van der Waals surface area contributed by atoms with Crippen LogP contribution in [0, 0.1) is 6.92 Å². The van der Waals surface area contributed by atoms with Gasteiger partial charge in [-0.25, -0.2) is 9.99 Å². The lowest BCUT2D eigenvalue weighted by Crippen LogP contribution is -2.24. The van der Waals surface area contributed by atoms with Crippen molar-refractivity contribution in [2.75, 3.05) is 14.2 Å². The summed E-state index contributed by atoms with van der Waals surface area (Å²) in [6.45, 7) is 3.49. The van der Waals surface area contributed by atoms with E-state index >= 15 is 0 Å². The first-order valence-electron chi connectivity index (χ1n) is 9.58. The topological polar surface area (TPSA) is 64.0 Å². The molecule has 1 aliphatic heterocycles. The number of halogens is 1. The average molecular weight is 424 g/mol. The zero-order valence-corrected chi connectivity index (χ0v) is 18.0. The number of aromatic nitrogens is 1. The Morgan fingerprint density at radius 3 is 2.67 bits per heavy atom. The summed E-state index contributed by atoms with van der Waals surface area (Å²) in [6, 6.07) is 13.1. The Labute approximate surface area is 180 Å². The van der Waals surface area contributed by atoms with E-state index in [0.29, 0.717) is 23.1 Å². The molecule has 4 rings (SSSR count). The van der Waals surface area contributed by atoms with Crippen LogP contribution in [0.4, 0.5) is 0 Å². The van der Waals surface area contributed by atoms with E-state index in [4.69, 9.17) is 21.1 Å². The monoisotopic (exact) mass is 423 g/mol. The third-order valence-electron chi connectivity index (χ3n) is 5.34. The van der Waals surface area contributed by atoms with Gasteiger partial charge in [0.15, 0.2) is 0 Å². The summed E-state index contributed by atoms with van der Waals surface area (Å²) in [4.78, 5) is 17.0. The van der Waals surface area contributed by atoms with Crippen molar-refractivity contribution in [3.05, 3.63) is 64.3 Å². The van der Waals surface area contributed by atoms with Crippen molar-refractivity contribution in [3.63, 3.8) is 0 Å². The van der Waals surface area contributed by atoms with Gasteiger partial charge in [0.05, 0.1) is 31.5 Å². The fraction of sp³-hybridized carbons (Fsp3) is 0.261. The van der Waals surface area contributed by atoms with Crippen molar-refractivity contribution in [1.29, 1.82) is 0 Å². The summed E-state index contributed by atoms with van der Waals surface area (Å²) >= 11 is 6.58. The van der Waals surface area contributed by atoms with Crippen LogP contribution >= 0.6 is 11.6 Å². The molecule has 0 saturated heterocycles. The Hall–Kier alpha value is -3.12. The number of ether oxygens (including phenoxy) is 2. The number of rotatable bonds is 4. The lowest BCUT2D eigenvalue weighted by molar-refractivity contribution is -0.130. The van der Waals surface area contributed by atoms with Gasteiger partial charge in [-0.3, -0.25) is 4.79 Å². The molecule has 0 N–H and O–H groups in total. The van der Waals surface area contributed by atoms with Crippen LogP contribution in [-0.4, -0.2) is 35.8 Å². The number of amides is 1. The van der Waals surface area contributed by atoms with Gasteiger partial charge in [0, 0.05) is 29.9 Å². The van der Waals surface area contributed by atoms with Gasteiger partial charge in [-0.1, -0.05) is 29.8 Å². The van der Waals surface area contributed by atoms with E-state index in [1.165, 1.54) is 11.9 Å². The van der Waals surface area contributed by atoms with Crippen LogP contribution in [0.5, 0.6) is 11.5 Å². The summed E-state index contributed by atoms with van der Waals surface area (Å²) in [7, 11) is 3.21. The van der Waals surface area contributed by atoms with Gasteiger partial charge >= 0.3 is 0 Å². The molecular weight excluding hydrogens is 402 g/mol. The number of fused-ring (bicyclic) bond motifs is 1. The van der Waals surface area contributed by atoms with Gasteiger partial charge in [0.2, 0.25) is 5.91 Å². The number of hydrazone groups is 1. The molecule has 0 bridgehead atoms. The van der Waals surface area contributed by atoms with Crippen LogP contribution in [0.25, 0.3) is 10.9 Å². The van der Waals surface area contributed by atoms with Gasteiger partial charge in [0.25, 0.3) is 0 Å². The fourth-order valence-corrected chi connectivity index (χ4v) is 4.08. The predicted octanol–water partition coefficient (Wildman–Crippen LogP) is 4.91. The molecule has 1 aliphatic rings. The van der Waals surface area contributed by atoms with E-state index < -0.39 is 0 Å². The molecular formula is C23H22ClN3O3. The smallest absolute Gasteiger partial charge is 0.240 e. The molecule has 1 unspecified atom stereocenters. The zero-order chi connectivity index (χ0) is 21.4. The molecule has 7 heteroatoms. The zero-order valence-electron chi connectivity index (χ0n) is 17.3. The molecule has 30 heavy (non-hydrogen) atoms. The largest absolute Gasteiger partial charge is 0.497 e. The minimum Gasteiger partial charge on any atom is -0.497 e. The second-order valence-electron chi connectivity index (χ2n) is 7.21. The second-order valence-corrected chi connectivity index (χ2v) is 7.57. The molecule has 0 spiro atoms. The number of para-hydroxylation sites is 1. The summed E-state index contributed by atoms with van der Waals surface area (Å²) in [5, 5.41) is 7.44. The highest BCUT2D eigenvalue weighted by Gasteiger charge is 2.34. The van der Waals surface area contributed by atoms with E-state index in [0.717, 1.165) is 33.3 Å². The minimum absolute atomic E-state index is 0.169. The fourth-order valence-electron chi connectivity index (χ4n) is 3.82. The van der Waals surface area contributed by atoms with Crippen molar-refractivity contribution in [2.24, 2.45) is 5.10 Å². The Bertz CT molecular complexity index is 1180. The van der Waals surface area contributed by atoms with E-state index in [2.05, 4.69) is 10.1 Å². The number of aryl methyl sites for hydroxylation is 1. The van der Waals surface area contributed by atoms with Crippen molar-refractivity contribution in [2.45, 2.75) is 26.3 Å². The molecule has 0 radical (unpaired) electrons. The highest BCUT2D eigenvalue weighted by atomic mass is 35.5. The van der Waals surface area contributed by atoms with Gasteiger partial charge in [-0.05, 0) is 36.8 Å². The van der Waals surface area contributed by atoms with Gasteiger partial charge in [0.1, 0.15) is 16.7 Å². The lowest BCUT2D eigenvalue weighted by Gasteiger charge is -2.21. The van der Waals surface area contributed by atoms with Crippen LogP contribution in [0.3, 0.4) is 0 Å². The second kappa shape index (κ2) is 7.95. The van der Waals surface area contributed by atoms with Crippen molar-refractivity contribution < 1.29 is 14.3 Å². The Morgan fingerprint density at radius 1 is 1.17 bits per heavy atom. The molecule has 0 saturated carbocycles. The van der Waals surface area contributed by atoms with Crippen LogP contribution in [0.2, 0.25) is 5.15 Å². The first kappa shape index (κ1) is 20.2. The summed E-state index contributed by atoms with van der Waals surface area (Å²) < 4.78 is 10.9. The normalized spacial score (nSPS) is 16.0. The number of hydrogen-bond donors (Lipinski definition) is 0. The standard InChI is InChI=1S/C23H22ClN3O3/c1-13-6-5-7-15-10-18(23(24)25-22(13)15)20-12-19(26-27(20)14(2)28)17-11-16(29-3)8-9-21(17)30-4/h5-11,20H,12H2,1-4H3. The maximum absolute atomic E-state index is 12.4. The minimum atomic E-state index is -0.349. The number of carbonyl (C=O) groups is 1. The summed E-state index contributed by atoms with van der Waals surface area (Å²) in [6.07, 6.45) is 0.488. The molecule has 1 aromatic heterocycles. The van der Waals surface area contributed by atoms with Crippen LogP contribution in [0.1, 0.15) is 36.1 Å². The lowest BCUT2D eigenvalue weighted by atomic mass is 9.97. The number of nitrogens with zero attached hydrogens (tertiary/aromatic N) is 3. The molecule has 1 atom stereocenters. The maximum Gasteiger partial charge on any atom is 0.240 e. The molecule has 1 amide bonds. The third-order valence-corrected chi connectivity index (χ3v) is 5.64. The van der Waals surface area contributed by atoms with Crippen molar-refractivity contribution in [1.82, 2.24) is 9.99 Å². The molecule has 2 heterocycles. The maximum atomic E-state index is 12.4. The van der Waals surface area contributed by atoms with Crippen LogP contribution < -0.4 is 9.47 Å². The Balaban J connectivity index is 1.80. The quantitative estimate of drug-likeness (QED) is 0.559. The Kier molecular flexibility index (Phi) is 5.35. The molecule has 154 valence electrons. The predicted molar refractivity (Wildman–Crippen MR) is 117 cm³/mol. The molecule has 3 aromatic rings. The Morgan fingerprint density at radius 2 is 1.97 bits per heavy atom. The molecule has 6 nitrogen and oxygen atoms in total. The van der Waals surface area contributed by atoms with Crippen LogP contribution in [0.15, 0.2) is 47.6 Å². The number of hydrogen-bond acceptors (Lipinski definition) is 5. The van der Waals surface area contributed by atoms with Crippen LogP contribution in [-0.2, 0) is 4.79 Å². The third kappa shape index (κ3) is 3.48. The molecule has 0 aliphatic carbocycles. The summed E-state index contributed by atoms with van der Waals surface area (Å²) in [5.74, 6) is 1.18. The number of carbonyl (C=O) groups excluding carboxylic acids is 1. The number of methoxy groups -OCH3 is 2. The van der Waals surface area contributed by atoms with E-state index in [-0.39, 0.29) is 11.9 Å².